The number of rotatable bonds is 5. The minimum absolute atomic E-state index is 0.0286. The van der Waals surface area contributed by atoms with E-state index in [2.05, 4.69) is 5.32 Å². The van der Waals surface area contributed by atoms with Gasteiger partial charge >= 0.3 is 5.69 Å². The van der Waals surface area contributed by atoms with E-state index in [1.165, 1.54) is 43.3 Å². The van der Waals surface area contributed by atoms with Crippen LogP contribution in [0.5, 0.6) is 0 Å². The third-order valence-corrected chi connectivity index (χ3v) is 4.75. The smallest absolute Gasteiger partial charge is 0.325 e. The fourth-order valence-electron chi connectivity index (χ4n) is 2.76. The van der Waals surface area contributed by atoms with Gasteiger partial charge in [0.25, 0.3) is 11.4 Å². The first kappa shape index (κ1) is 20.5. The van der Waals surface area contributed by atoms with Crippen LogP contribution in [-0.2, 0) is 9.59 Å². The summed E-state index contributed by atoms with van der Waals surface area (Å²) in [6, 6.07) is 10.2. The second-order valence-electron chi connectivity index (χ2n) is 6.11. The van der Waals surface area contributed by atoms with Gasteiger partial charge in [0.1, 0.15) is 5.52 Å². The normalized spacial score (nSPS) is 10.7. The summed E-state index contributed by atoms with van der Waals surface area (Å²) >= 11 is 11.8. The van der Waals surface area contributed by atoms with E-state index in [4.69, 9.17) is 23.2 Å². The summed E-state index contributed by atoms with van der Waals surface area (Å²) in [5, 5.41) is 15.1. The maximum atomic E-state index is 12.6. The van der Waals surface area contributed by atoms with Gasteiger partial charge in [-0.2, -0.15) is 0 Å². The standard InChI is InChI=1S/C19H13Cl2N3O5/c1-10-18(24(29)15-5-3-2-4-14(15)23(10)28)16(25)9-17(26)19(27)22-13-8-11(20)6-7-12(13)21/h2-8H,9H2,1H3,(H,22,27). The van der Waals surface area contributed by atoms with Crippen LogP contribution in [0.25, 0.3) is 11.0 Å². The quantitative estimate of drug-likeness (QED) is 0.287. The number of hydrogen-bond donors (Lipinski definition) is 1. The number of hydrogen-bond acceptors (Lipinski definition) is 5. The van der Waals surface area contributed by atoms with E-state index in [0.29, 0.717) is 9.16 Å². The molecule has 148 valence electrons. The Morgan fingerprint density at radius 2 is 1.83 bits per heavy atom. The third-order valence-electron chi connectivity index (χ3n) is 4.18. The van der Waals surface area contributed by atoms with Crippen LogP contribution in [0.3, 0.4) is 0 Å². The van der Waals surface area contributed by atoms with Crippen molar-refractivity contribution in [1.82, 2.24) is 4.73 Å². The lowest BCUT2D eigenvalue weighted by Crippen LogP contribution is -2.33. The van der Waals surface area contributed by atoms with Crippen molar-refractivity contribution in [3.63, 3.8) is 0 Å². The molecule has 0 aliphatic heterocycles. The molecule has 0 aliphatic carbocycles. The van der Waals surface area contributed by atoms with Crippen LogP contribution < -0.4 is 9.74 Å². The van der Waals surface area contributed by atoms with Gasteiger partial charge in [-0.25, -0.2) is 0 Å². The number of ketones is 2. The van der Waals surface area contributed by atoms with Crippen molar-refractivity contribution in [3.05, 3.63) is 74.0 Å². The molecule has 1 N–H and O–H groups in total. The van der Waals surface area contributed by atoms with Crippen molar-refractivity contribution in [2.75, 3.05) is 5.32 Å². The van der Waals surface area contributed by atoms with Crippen molar-refractivity contribution in [3.8, 4) is 0 Å². The first-order valence-electron chi connectivity index (χ1n) is 8.27. The summed E-state index contributed by atoms with van der Waals surface area (Å²) in [5.41, 5.74) is -0.520. The maximum absolute atomic E-state index is 12.6. The summed E-state index contributed by atoms with van der Waals surface area (Å²) in [7, 11) is 0. The number of fused-ring (bicyclic) bond motifs is 1. The number of carbonyl (C=O) groups is 3. The fourth-order valence-corrected chi connectivity index (χ4v) is 3.10. The Kier molecular flexibility index (Phi) is 5.67. The van der Waals surface area contributed by atoms with E-state index in [1.807, 2.05) is 0 Å². The molecule has 3 aromatic rings. The van der Waals surface area contributed by atoms with Crippen LogP contribution in [0, 0.1) is 17.0 Å². The number of benzene rings is 2. The molecule has 0 spiro atoms. The van der Waals surface area contributed by atoms with Gasteiger partial charge in [0, 0.05) is 16.0 Å². The monoisotopic (exact) mass is 433 g/mol. The van der Waals surface area contributed by atoms with Crippen molar-refractivity contribution in [2.24, 2.45) is 0 Å². The molecule has 0 aliphatic rings. The lowest BCUT2D eigenvalue weighted by atomic mass is 10.1. The van der Waals surface area contributed by atoms with Crippen LogP contribution in [-0.4, -0.2) is 22.2 Å². The molecule has 0 unspecified atom stereocenters. The SMILES string of the molecule is Cc1c(C(=O)CC(=O)C(=O)Nc2cc(Cl)ccc2Cl)[n+](=O)c2ccccc2n1[O-]. The summed E-state index contributed by atoms with van der Waals surface area (Å²) < 4.78 is 0.730. The molecule has 0 saturated carbocycles. The van der Waals surface area contributed by atoms with Crippen LogP contribution in [0.15, 0.2) is 42.5 Å². The highest BCUT2D eigenvalue weighted by atomic mass is 35.5. The van der Waals surface area contributed by atoms with Crippen molar-refractivity contribution in [2.45, 2.75) is 13.3 Å². The van der Waals surface area contributed by atoms with E-state index < -0.39 is 29.6 Å². The predicted octanol–water partition coefficient (Wildman–Crippen LogP) is 3.30. The Balaban J connectivity index is 1.87. The zero-order valence-electron chi connectivity index (χ0n) is 14.9. The minimum Gasteiger partial charge on any atom is -0.805 e. The molecule has 1 heterocycles. The van der Waals surface area contributed by atoms with Crippen molar-refractivity contribution in [1.29, 1.82) is 0 Å². The van der Waals surface area contributed by atoms with Gasteiger partial charge in [-0.1, -0.05) is 35.3 Å². The lowest BCUT2D eigenvalue weighted by Gasteiger charge is -2.15. The Labute approximate surface area is 173 Å². The van der Waals surface area contributed by atoms with E-state index in [1.54, 1.807) is 6.07 Å². The van der Waals surface area contributed by atoms with Crippen LogP contribution >= 0.6 is 23.2 Å². The minimum atomic E-state index is -1.10. The molecule has 0 atom stereocenters. The lowest BCUT2D eigenvalue weighted by molar-refractivity contribution is -0.468. The Hall–Kier alpha value is -3.23. The molecule has 3 rings (SSSR count). The second-order valence-corrected chi connectivity index (χ2v) is 6.96. The zero-order valence-corrected chi connectivity index (χ0v) is 16.5. The summed E-state index contributed by atoms with van der Waals surface area (Å²) in [4.78, 5) is 49.4. The Bertz CT molecular complexity index is 1240. The molecule has 8 nitrogen and oxygen atoms in total. The molecule has 29 heavy (non-hydrogen) atoms. The highest BCUT2D eigenvalue weighted by Gasteiger charge is 2.30. The Morgan fingerprint density at radius 1 is 1.14 bits per heavy atom. The van der Waals surface area contributed by atoms with Gasteiger partial charge in [0.05, 0.1) is 27.3 Å². The van der Waals surface area contributed by atoms with E-state index >= 15 is 0 Å². The highest BCUT2D eigenvalue weighted by Crippen LogP contribution is 2.25. The number of Topliss-reactive ketones (excluding diaryl/α,β-unsaturated/α-hetero) is 2. The number of amides is 1. The van der Waals surface area contributed by atoms with Gasteiger partial charge in [-0.15, -0.1) is 0 Å². The first-order valence-corrected chi connectivity index (χ1v) is 9.03. The van der Waals surface area contributed by atoms with E-state index in [0.717, 1.165) is 0 Å². The third kappa shape index (κ3) is 3.98. The molecule has 0 fully saturated rings. The first-order chi connectivity index (χ1) is 13.7. The number of halogens is 2. The average Bonchev–Trinajstić information content (AvgIpc) is 2.69. The number of nitrogens with zero attached hydrogens (tertiary/aromatic N) is 2. The number of nitrogens with one attached hydrogen (secondary N) is 1. The number of anilines is 1. The van der Waals surface area contributed by atoms with E-state index in [-0.39, 0.29) is 32.5 Å². The zero-order chi connectivity index (χ0) is 21.3. The molecule has 0 saturated heterocycles. The summed E-state index contributed by atoms with van der Waals surface area (Å²) in [6.45, 7) is 1.29. The maximum Gasteiger partial charge on any atom is 0.325 e. The van der Waals surface area contributed by atoms with E-state index in [9.17, 15) is 24.5 Å². The largest absolute Gasteiger partial charge is 0.805 e. The molecule has 0 bridgehead atoms. The van der Waals surface area contributed by atoms with Gasteiger partial charge < -0.3 is 15.3 Å². The molecule has 1 amide bonds. The van der Waals surface area contributed by atoms with Crippen LogP contribution in [0.2, 0.25) is 10.0 Å². The van der Waals surface area contributed by atoms with Crippen LogP contribution in [0.4, 0.5) is 5.69 Å². The average molecular weight is 434 g/mol. The molecule has 2 aromatic carbocycles. The molecular weight excluding hydrogens is 421 g/mol. The summed E-state index contributed by atoms with van der Waals surface area (Å²) in [5.74, 6) is -3.16. The molecular formula is C19H13Cl2N3O5. The molecule has 10 heteroatoms. The fraction of sp³-hybridized carbons (Fsp3) is 0.105. The topological polar surface area (TPSA) is 114 Å². The highest BCUT2D eigenvalue weighted by molar-refractivity contribution is 6.45. The Morgan fingerprint density at radius 3 is 2.55 bits per heavy atom. The van der Waals surface area contributed by atoms with Gasteiger partial charge in [-0.05, 0) is 31.2 Å². The molecule has 1 aromatic heterocycles. The number of para-hydroxylation sites is 2. The van der Waals surface area contributed by atoms with Gasteiger partial charge in [-0.3, -0.25) is 14.4 Å². The van der Waals surface area contributed by atoms with Crippen molar-refractivity contribution >= 4 is 57.4 Å². The van der Waals surface area contributed by atoms with Crippen molar-refractivity contribution < 1.29 is 18.8 Å². The molecule has 0 radical (unpaired) electrons. The number of carbonyl (C=O) groups excluding carboxylic acids is 3. The van der Waals surface area contributed by atoms with Gasteiger partial charge in [0.15, 0.2) is 0 Å². The number of aromatic nitrogens is 2. The van der Waals surface area contributed by atoms with Crippen LogP contribution in [0.1, 0.15) is 22.6 Å². The predicted molar refractivity (Wildman–Crippen MR) is 108 cm³/mol. The van der Waals surface area contributed by atoms with Gasteiger partial charge in [0.2, 0.25) is 11.6 Å². The summed E-state index contributed by atoms with van der Waals surface area (Å²) in [6.07, 6.45) is -0.897. The second kappa shape index (κ2) is 8.02.